The minimum Gasteiger partial charge on any atom is -0.371 e. The van der Waals surface area contributed by atoms with Gasteiger partial charge in [0.05, 0.1) is 0 Å². The van der Waals surface area contributed by atoms with Crippen molar-refractivity contribution in [3.8, 4) is 0 Å². The molecule has 1 saturated heterocycles. The lowest BCUT2D eigenvalue weighted by Gasteiger charge is -2.23. The van der Waals surface area contributed by atoms with Crippen LogP contribution in [0.2, 0.25) is 0 Å². The number of hydrogen-bond donors (Lipinski definition) is 1. The molecule has 2 heterocycles. The second-order valence-electron chi connectivity index (χ2n) is 5.69. The Kier molecular flexibility index (Phi) is 3.55. The van der Waals surface area contributed by atoms with E-state index in [1.807, 2.05) is 0 Å². The Morgan fingerprint density at radius 1 is 1.28 bits per heavy atom. The molecule has 2 heteroatoms. The van der Waals surface area contributed by atoms with E-state index in [9.17, 15) is 0 Å². The molecule has 0 atom stereocenters. The molecule has 1 aromatic rings. The third-order valence-electron chi connectivity index (χ3n) is 4.50. The smallest absolute Gasteiger partial charge is 0.0399 e. The molecule has 1 fully saturated rings. The minimum atomic E-state index is 0.896. The molecule has 0 spiro atoms. The summed E-state index contributed by atoms with van der Waals surface area (Å²) in [6.45, 7) is 7.01. The van der Waals surface area contributed by atoms with E-state index in [0.29, 0.717) is 0 Å². The molecule has 0 amide bonds. The van der Waals surface area contributed by atoms with E-state index in [2.05, 4.69) is 35.3 Å². The highest BCUT2D eigenvalue weighted by Crippen LogP contribution is 2.29. The van der Waals surface area contributed by atoms with Crippen LogP contribution < -0.4 is 10.2 Å². The first-order valence-electron chi connectivity index (χ1n) is 7.44. The van der Waals surface area contributed by atoms with Crippen LogP contribution in [0, 0.1) is 5.92 Å². The van der Waals surface area contributed by atoms with Gasteiger partial charge in [0, 0.05) is 18.8 Å². The number of nitrogens with one attached hydrogen (secondary N) is 1. The molecule has 18 heavy (non-hydrogen) atoms. The van der Waals surface area contributed by atoms with Crippen LogP contribution in [0.15, 0.2) is 18.2 Å². The fourth-order valence-electron chi connectivity index (χ4n) is 3.40. The van der Waals surface area contributed by atoms with E-state index in [0.717, 1.165) is 12.5 Å². The molecule has 1 aromatic carbocycles. The summed E-state index contributed by atoms with van der Waals surface area (Å²) >= 11 is 0. The predicted octanol–water partition coefficient (Wildman–Crippen LogP) is 2.61. The highest BCUT2D eigenvalue weighted by atomic mass is 15.1. The fourth-order valence-corrected chi connectivity index (χ4v) is 3.40. The van der Waals surface area contributed by atoms with Gasteiger partial charge in [-0.05, 0) is 68.8 Å². The Bertz CT molecular complexity index is 408. The number of anilines is 1. The van der Waals surface area contributed by atoms with Gasteiger partial charge in [-0.3, -0.25) is 0 Å². The Balaban J connectivity index is 1.70. The van der Waals surface area contributed by atoms with Crippen LogP contribution in [0.25, 0.3) is 0 Å². The van der Waals surface area contributed by atoms with Crippen LogP contribution in [-0.4, -0.2) is 26.2 Å². The summed E-state index contributed by atoms with van der Waals surface area (Å²) in [4.78, 5) is 2.49. The Labute approximate surface area is 110 Å². The highest BCUT2D eigenvalue weighted by molar-refractivity contribution is 5.59. The monoisotopic (exact) mass is 244 g/mol. The van der Waals surface area contributed by atoms with Gasteiger partial charge in [-0.15, -0.1) is 0 Å². The van der Waals surface area contributed by atoms with Crippen molar-refractivity contribution in [2.45, 2.75) is 32.6 Å². The first kappa shape index (κ1) is 12.0. The number of benzene rings is 1. The van der Waals surface area contributed by atoms with Crippen LogP contribution in [0.5, 0.6) is 0 Å². The maximum Gasteiger partial charge on any atom is 0.0399 e. The number of rotatable bonds is 3. The van der Waals surface area contributed by atoms with Gasteiger partial charge in [0.1, 0.15) is 0 Å². The Morgan fingerprint density at radius 3 is 2.89 bits per heavy atom. The maximum absolute atomic E-state index is 3.45. The van der Waals surface area contributed by atoms with Crippen molar-refractivity contribution in [2.75, 3.05) is 31.1 Å². The summed E-state index contributed by atoms with van der Waals surface area (Å²) in [5.74, 6) is 0.896. The van der Waals surface area contributed by atoms with Crippen LogP contribution >= 0.6 is 0 Å². The maximum atomic E-state index is 3.45. The Morgan fingerprint density at radius 2 is 2.11 bits per heavy atom. The zero-order valence-electron chi connectivity index (χ0n) is 11.4. The first-order chi connectivity index (χ1) is 8.86. The highest BCUT2D eigenvalue weighted by Gasteiger charge is 2.19. The van der Waals surface area contributed by atoms with E-state index >= 15 is 0 Å². The second kappa shape index (κ2) is 5.31. The second-order valence-corrected chi connectivity index (χ2v) is 5.69. The van der Waals surface area contributed by atoms with Gasteiger partial charge in [0.2, 0.25) is 0 Å². The van der Waals surface area contributed by atoms with E-state index in [1.165, 1.54) is 51.0 Å². The average molecular weight is 244 g/mol. The molecule has 0 radical (unpaired) electrons. The summed E-state index contributed by atoms with van der Waals surface area (Å²) in [5, 5.41) is 3.45. The third-order valence-corrected chi connectivity index (χ3v) is 4.50. The minimum absolute atomic E-state index is 0.896. The van der Waals surface area contributed by atoms with Crippen LogP contribution in [0.3, 0.4) is 0 Å². The Hall–Kier alpha value is -1.02. The molecule has 0 saturated carbocycles. The number of likely N-dealkylation sites (N-methyl/N-ethyl adjacent to an activating group) is 1. The summed E-state index contributed by atoms with van der Waals surface area (Å²) < 4.78 is 0. The molecule has 2 nitrogen and oxygen atoms in total. The zero-order chi connectivity index (χ0) is 12.4. The fraction of sp³-hybridized carbons (Fsp3) is 0.625. The van der Waals surface area contributed by atoms with E-state index in [4.69, 9.17) is 0 Å². The van der Waals surface area contributed by atoms with Gasteiger partial charge in [-0.1, -0.05) is 12.1 Å². The molecule has 3 rings (SSSR count). The van der Waals surface area contributed by atoms with Crippen molar-refractivity contribution in [3.05, 3.63) is 29.3 Å². The molecule has 0 unspecified atom stereocenters. The largest absolute Gasteiger partial charge is 0.371 e. The normalized spacial score (nSPS) is 20.2. The van der Waals surface area contributed by atoms with E-state index in [-0.39, 0.29) is 0 Å². The van der Waals surface area contributed by atoms with Gasteiger partial charge < -0.3 is 10.2 Å². The van der Waals surface area contributed by atoms with E-state index < -0.39 is 0 Å². The van der Waals surface area contributed by atoms with Gasteiger partial charge in [-0.2, -0.15) is 0 Å². The van der Waals surface area contributed by atoms with Crippen molar-refractivity contribution in [3.63, 3.8) is 0 Å². The molecule has 2 aliphatic heterocycles. The lowest BCUT2D eigenvalue weighted by atomic mass is 9.90. The molecule has 98 valence electrons. The molecule has 0 bridgehead atoms. The molecular weight excluding hydrogens is 220 g/mol. The molecule has 0 aliphatic carbocycles. The summed E-state index contributed by atoms with van der Waals surface area (Å²) in [7, 11) is 0. The van der Waals surface area contributed by atoms with Gasteiger partial charge in [0.15, 0.2) is 0 Å². The van der Waals surface area contributed by atoms with Crippen LogP contribution in [0.4, 0.5) is 5.69 Å². The van der Waals surface area contributed by atoms with Crippen molar-refractivity contribution >= 4 is 5.69 Å². The summed E-state index contributed by atoms with van der Waals surface area (Å²) in [6, 6.07) is 7.17. The first-order valence-corrected chi connectivity index (χ1v) is 7.44. The third kappa shape index (κ3) is 2.39. The van der Waals surface area contributed by atoms with Crippen molar-refractivity contribution in [1.82, 2.24) is 5.32 Å². The topological polar surface area (TPSA) is 15.3 Å². The summed E-state index contributed by atoms with van der Waals surface area (Å²) in [5.41, 5.74) is 4.61. The molecular formula is C16H24N2. The predicted molar refractivity (Wildman–Crippen MR) is 77.3 cm³/mol. The number of hydrogen-bond acceptors (Lipinski definition) is 2. The SMILES string of the molecule is CCN1CCc2cc(CC3CCNCC3)ccc21. The van der Waals surface area contributed by atoms with Crippen LogP contribution in [-0.2, 0) is 12.8 Å². The average Bonchev–Trinajstić information content (AvgIpc) is 2.82. The van der Waals surface area contributed by atoms with Gasteiger partial charge in [0.25, 0.3) is 0 Å². The van der Waals surface area contributed by atoms with Crippen LogP contribution in [0.1, 0.15) is 30.9 Å². The van der Waals surface area contributed by atoms with Crippen molar-refractivity contribution in [2.24, 2.45) is 5.92 Å². The number of nitrogens with zero attached hydrogens (tertiary/aromatic N) is 1. The zero-order valence-corrected chi connectivity index (χ0v) is 11.4. The standard InChI is InChI=1S/C16H24N2/c1-2-18-10-7-15-12-14(3-4-16(15)18)11-13-5-8-17-9-6-13/h3-4,12-13,17H,2,5-11H2,1H3. The van der Waals surface area contributed by atoms with Gasteiger partial charge >= 0.3 is 0 Å². The summed E-state index contributed by atoms with van der Waals surface area (Å²) in [6.07, 6.45) is 5.21. The van der Waals surface area contributed by atoms with Crippen molar-refractivity contribution in [1.29, 1.82) is 0 Å². The molecule has 0 aromatic heterocycles. The molecule has 2 aliphatic rings. The number of piperidine rings is 1. The molecule has 1 N–H and O–H groups in total. The lowest BCUT2D eigenvalue weighted by molar-refractivity contribution is 0.372. The lowest BCUT2D eigenvalue weighted by Crippen LogP contribution is -2.28. The van der Waals surface area contributed by atoms with E-state index in [1.54, 1.807) is 11.1 Å². The number of fused-ring (bicyclic) bond motifs is 1. The van der Waals surface area contributed by atoms with Gasteiger partial charge in [-0.25, -0.2) is 0 Å². The van der Waals surface area contributed by atoms with Crippen molar-refractivity contribution < 1.29 is 0 Å². The quantitative estimate of drug-likeness (QED) is 0.879.